The Morgan fingerprint density at radius 1 is 1.29 bits per heavy atom. The van der Waals surface area contributed by atoms with E-state index in [0.717, 1.165) is 32.5 Å². The number of nitrogens with zero attached hydrogens (tertiary/aromatic N) is 1. The Hall–Kier alpha value is -1.88. The fourth-order valence-corrected chi connectivity index (χ4v) is 4.27. The average molecular weight is 329 g/mol. The van der Waals surface area contributed by atoms with Gasteiger partial charge in [0.2, 0.25) is 0 Å². The maximum absolute atomic E-state index is 13.8. The van der Waals surface area contributed by atoms with Crippen molar-refractivity contribution in [2.75, 3.05) is 19.6 Å². The number of likely N-dealkylation sites (tertiary alicyclic amines) is 1. The Kier molecular flexibility index (Phi) is 3.64. The summed E-state index contributed by atoms with van der Waals surface area (Å²) in [4.78, 5) is 17.7. The highest BCUT2D eigenvalue weighted by Crippen LogP contribution is 2.37. The smallest absolute Gasteiger partial charge is 0.270 e. The molecule has 1 unspecified atom stereocenters. The summed E-state index contributed by atoms with van der Waals surface area (Å²) >= 11 is 0. The molecule has 1 aromatic carbocycles. The van der Waals surface area contributed by atoms with Gasteiger partial charge in [-0.25, -0.2) is 4.39 Å². The molecule has 1 atom stereocenters. The first-order chi connectivity index (χ1) is 11.5. The minimum atomic E-state index is -0.292. The predicted molar refractivity (Wildman–Crippen MR) is 92.5 cm³/mol. The molecule has 1 amide bonds. The summed E-state index contributed by atoms with van der Waals surface area (Å²) in [7, 11) is 0. The van der Waals surface area contributed by atoms with E-state index in [1.165, 1.54) is 6.07 Å². The van der Waals surface area contributed by atoms with Gasteiger partial charge in [-0.15, -0.1) is 0 Å². The molecule has 2 fully saturated rings. The number of carbonyl (C=O) groups is 1. The zero-order valence-electron chi connectivity index (χ0n) is 14.2. The molecule has 0 bridgehead atoms. The van der Waals surface area contributed by atoms with Crippen molar-refractivity contribution in [2.45, 2.75) is 32.7 Å². The van der Waals surface area contributed by atoms with Crippen LogP contribution in [-0.4, -0.2) is 41.5 Å². The Morgan fingerprint density at radius 2 is 2.04 bits per heavy atom. The second-order valence-corrected chi connectivity index (χ2v) is 7.86. The van der Waals surface area contributed by atoms with Crippen LogP contribution in [0.25, 0.3) is 10.9 Å². The molecule has 0 radical (unpaired) electrons. The van der Waals surface area contributed by atoms with Gasteiger partial charge in [0.05, 0.1) is 0 Å². The molecule has 2 saturated heterocycles. The highest BCUT2D eigenvalue weighted by atomic mass is 19.1. The van der Waals surface area contributed by atoms with E-state index in [-0.39, 0.29) is 11.7 Å². The van der Waals surface area contributed by atoms with Gasteiger partial charge in [-0.05, 0) is 42.4 Å². The number of aromatic amines is 1. The number of hydrogen-bond donors (Lipinski definition) is 2. The fraction of sp³-hybridized carbons (Fsp3) is 0.526. The van der Waals surface area contributed by atoms with E-state index in [1.807, 2.05) is 4.90 Å². The first-order valence-corrected chi connectivity index (χ1v) is 8.75. The van der Waals surface area contributed by atoms with E-state index in [9.17, 15) is 9.18 Å². The van der Waals surface area contributed by atoms with Crippen molar-refractivity contribution in [3.05, 3.63) is 35.8 Å². The largest absolute Gasteiger partial charge is 0.350 e. The van der Waals surface area contributed by atoms with Gasteiger partial charge in [0, 0.05) is 36.6 Å². The quantitative estimate of drug-likeness (QED) is 0.889. The normalized spacial score (nSPS) is 24.1. The molecular formula is C19H24FN3O. The molecule has 2 aromatic rings. The van der Waals surface area contributed by atoms with E-state index in [2.05, 4.69) is 24.1 Å². The summed E-state index contributed by atoms with van der Waals surface area (Å²) in [6.45, 7) is 7.25. The molecule has 0 aliphatic carbocycles. The van der Waals surface area contributed by atoms with Crippen molar-refractivity contribution in [1.82, 2.24) is 15.2 Å². The highest BCUT2D eigenvalue weighted by Gasteiger charge is 2.43. The number of piperidine rings is 1. The maximum Gasteiger partial charge on any atom is 0.270 e. The lowest BCUT2D eigenvalue weighted by Crippen LogP contribution is -2.63. The van der Waals surface area contributed by atoms with Gasteiger partial charge in [0.25, 0.3) is 5.91 Å². The lowest BCUT2D eigenvalue weighted by Gasteiger charge is -2.51. The number of amides is 1. The number of H-pyrrole nitrogens is 1. The van der Waals surface area contributed by atoms with E-state index >= 15 is 0 Å². The highest BCUT2D eigenvalue weighted by molar-refractivity contribution is 5.98. The van der Waals surface area contributed by atoms with Gasteiger partial charge in [0.15, 0.2) is 0 Å². The van der Waals surface area contributed by atoms with Crippen LogP contribution in [0, 0.1) is 17.2 Å². The summed E-state index contributed by atoms with van der Waals surface area (Å²) in [6.07, 6.45) is 2.06. The number of rotatable bonds is 2. The number of benzene rings is 1. The molecule has 0 saturated carbocycles. The second-order valence-electron chi connectivity index (χ2n) is 7.86. The third-order valence-electron chi connectivity index (χ3n) is 5.76. The zero-order chi connectivity index (χ0) is 16.9. The Balaban J connectivity index is 1.45. The number of hydrogen-bond acceptors (Lipinski definition) is 2. The lowest BCUT2D eigenvalue weighted by atomic mass is 9.68. The van der Waals surface area contributed by atoms with Crippen molar-refractivity contribution < 1.29 is 9.18 Å². The molecule has 1 aromatic heterocycles. The van der Waals surface area contributed by atoms with Crippen LogP contribution >= 0.6 is 0 Å². The van der Waals surface area contributed by atoms with Gasteiger partial charge >= 0.3 is 0 Å². The SMILES string of the molecule is CC1(C)CNC1C1CCN(C(=O)c2cc3c(F)cccc3[nH]2)CC1. The monoisotopic (exact) mass is 329 g/mol. The number of carbonyl (C=O) groups excluding carboxylic acids is 1. The molecule has 0 spiro atoms. The van der Waals surface area contributed by atoms with E-state index < -0.39 is 0 Å². The standard InChI is InChI=1S/C19H24FN3O/c1-19(2)11-21-17(19)12-6-8-23(9-7-12)18(24)16-10-13-14(20)4-3-5-15(13)22-16/h3-5,10,12,17,21-22H,6-9,11H2,1-2H3. The molecular weight excluding hydrogens is 305 g/mol. The van der Waals surface area contributed by atoms with E-state index in [4.69, 9.17) is 0 Å². The van der Waals surface area contributed by atoms with Crippen LogP contribution in [0.4, 0.5) is 4.39 Å². The van der Waals surface area contributed by atoms with Crippen LogP contribution in [0.15, 0.2) is 24.3 Å². The van der Waals surface area contributed by atoms with Crippen LogP contribution in [-0.2, 0) is 0 Å². The first kappa shape index (κ1) is 15.6. The molecule has 2 aliphatic rings. The number of halogens is 1. The minimum Gasteiger partial charge on any atom is -0.350 e. The maximum atomic E-state index is 13.8. The number of aromatic nitrogens is 1. The Morgan fingerprint density at radius 3 is 2.62 bits per heavy atom. The van der Waals surface area contributed by atoms with Crippen LogP contribution in [0.2, 0.25) is 0 Å². The van der Waals surface area contributed by atoms with Gasteiger partial charge in [0.1, 0.15) is 11.5 Å². The molecule has 24 heavy (non-hydrogen) atoms. The van der Waals surface area contributed by atoms with Crippen molar-refractivity contribution in [1.29, 1.82) is 0 Å². The fourth-order valence-electron chi connectivity index (χ4n) is 4.27. The van der Waals surface area contributed by atoms with Gasteiger partial charge in [-0.2, -0.15) is 0 Å². The summed E-state index contributed by atoms with van der Waals surface area (Å²) in [6, 6.07) is 7.07. The molecule has 4 rings (SSSR count). The third-order valence-corrected chi connectivity index (χ3v) is 5.76. The van der Waals surface area contributed by atoms with Crippen LogP contribution in [0.1, 0.15) is 37.2 Å². The van der Waals surface area contributed by atoms with Crippen LogP contribution in [0.3, 0.4) is 0 Å². The molecule has 3 heterocycles. The van der Waals surface area contributed by atoms with E-state index in [1.54, 1.807) is 18.2 Å². The first-order valence-electron chi connectivity index (χ1n) is 8.75. The number of fused-ring (bicyclic) bond motifs is 1. The summed E-state index contributed by atoms with van der Waals surface area (Å²) in [5.74, 6) is 0.322. The van der Waals surface area contributed by atoms with Gasteiger partial charge in [-0.1, -0.05) is 19.9 Å². The predicted octanol–water partition coefficient (Wildman–Crippen LogP) is 3.16. The second kappa shape index (κ2) is 5.59. The van der Waals surface area contributed by atoms with Crippen molar-refractivity contribution in [3.63, 3.8) is 0 Å². The zero-order valence-corrected chi connectivity index (χ0v) is 14.2. The summed E-state index contributed by atoms with van der Waals surface area (Å²) in [5, 5.41) is 4.04. The van der Waals surface area contributed by atoms with E-state index in [0.29, 0.717) is 34.0 Å². The molecule has 2 N–H and O–H groups in total. The molecule has 5 heteroatoms. The lowest BCUT2D eigenvalue weighted by molar-refractivity contribution is 0.0352. The van der Waals surface area contributed by atoms with Gasteiger partial charge < -0.3 is 15.2 Å². The molecule has 128 valence electrons. The Bertz CT molecular complexity index is 774. The molecule has 2 aliphatic heterocycles. The summed E-state index contributed by atoms with van der Waals surface area (Å²) in [5.41, 5.74) is 1.52. The van der Waals surface area contributed by atoms with Crippen molar-refractivity contribution >= 4 is 16.8 Å². The third kappa shape index (κ3) is 2.51. The number of nitrogens with one attached hydrogen (secondary N) is 2. The molecule has 4 nitrogen and oxygen atoms in total. The minimum absolute atomic E-state index is 0.0233. The summed E-state index contributed by atoms with van der Waals surface area (Å²) < 4.78 is 13.8. The average Bonchev–Trinajstić information content (AvgIpc) is 3.00. The van der Waals surface area contributed by atoms with Crippen molar-refractivity contribution in [3.8, 4) is 0 Å². The Labute approximate surface area is 141 Å². The topological polar surface area (TPSA) is 48.1 Å². The van der Waals surface area contributed by atoms with Crippen LogP contribution < -0.4 is 5.32 Å². The van der Waals surface area contributed by atoms with Gasteiger partial charge in [-0.3, -0.25) is 4.79 Å². The van der Waals surface area contributed by atoms with Crippen LogP contribution in [0.5, 0.6) is 0 Å². The van der Waals surface area contributed by atoms with Crippen molar-refractivity contribution in [2.24, 2.45) is 11.3 Å².